The van der Waals surface area contributed by atoms with Crippen molar-refractivity contribution in [3.63, 3.8) is 0 Å². The van der Waals surface area contributed by atoms with Crippen molar-refractivity contribution in [2.24, 2.45) is 0 Å². The Labute approximate surface area is 166 Å². The molecule has 0 aliphatic rings. The minimum Gasteiger partial charge on any atom is -0.481 e. The number of alkyl halides is 1. The highest BCUT2D eigenvalue weighted by molar-refractivity contribution is 7.90. The number of amides is 2. The molecule has 1 aromatic carbocycles. The van der Waals surface area contributed by atoms with Crippen molar-refractivity contribution >= 4 is 33.6 Å². The van der Waals surface area contributed by atoms with Crippen LogP contribution in [0.5, 0.6) is 11.8 Å². The Hall–Kier alpha value is -2.63. The predicted molar refractivity (Wildman–Crippen MR) is 101 cm³/mol. The van der Waals surface area contributed by atoms with Crippen LogP contribution in [0.15, 0.2) is 35.2 Å². The summed E-state index contributed by atoms with van der Waals surface area (Å²) in [6, 6.07) is 5.93. The highest BCUT2D eigenvalue weighted by atomic mass is 35.5. The van der Waals surface area contributed by atoms with Crippen LogP contribution < -0.4 is 19.5 Å². The van der Waals surface area contributed by atoms with Gasteiger partial charge in [-0.25, -0.2) is 17.9 Å². The average molecular weight is 431 g/mol. The van der Waals surface area contributed by atoms with Crippen molar-refractivity contribution < 1.29 is 27.8 Å². The second-order valence-corrected chi connectivity index (χ2v) is 7.84. The van der Waals surface area contributed by atoms with E-state index in [4.69, 9.17) is 21.1 Å². The third-order valence-electron chi connectivity index (χ3n) is 3.51. The van der Waals surface area contributed by atoms with Gasteiger partial charge in [-0.3, -0.25) is 5.32 Å². The summed E-state index contributed by atoms with van der Waals surface area (Å²) in [6.45, 7) is 1.52. The quantitative estimate of drug-likeness (QED) is 0.563. The summed E-state index contributed by atoms with van der Waals surface area (Å²) in [5.74, 6) is -0.0178. The SMILES string of the molecule is COc1cc(OC)nc(NC(=O)NS(=O)(=O)c2ccccc2C(O)C(C)Cl)n1. The first kappa shape index (κ1) is 21.7. The van der Waals surface area contributed by atoms with Crippen molar-refractivity contribution in [3.8, 4) is 11.8 Å². The van der Waals surface area contributed by atoms with Gasteiger partial charge in [0.2, 0.25) is 17.7 Å². The van der Waals surface area contributed by atoms with E-state index in [1.165, 1.54) is 45.4 Å². The fraction of sp³-hybridized carbons (Fsp3) is 0.312. The van der Waals surface area contributed by atoms with Crippen molar-refractivity contribution in [2.75, 3.05) is 19.5 Å². The molecule has 3 N–H and O–H groups in total. The summed E-state index contributed by atoms with van der Waals surface area (Å²) >= 11 is 5.87. The monoisotopic (exact) mass is 430 g/mol. The summed E-state index contributed by atoms with van der Waals surface area (Å²) in [7, 11) is -1.60. The zero-order valence-corrected chi connectivity index (χ0v) is 16.8. The van der Waals surface area contributed by atoms with Crippen LogP contribution >= 0.6 is 11.6 Å². The van der Waals surface area contributed by atoms with Gasteiger partial charge >= 0.3 is 6.03 Å². The zero-order chi connectivity index (χ0) is 20.9. The molecule has 2 amide bonds. The molecule has 10 nitrogen and oxygen atoms in total. The summed E-state index contributed by atoms with van der Waals surface area (Å²) in [4.78, 5) is 19.6. The fourth-order valence-electron chi connectivity index (χ4n) is 2.19. The van der Waals surface area contributed by atoms with Crippen LogP contribution in [0.2, 0.25) is 0 Å². The molecule has 0 spiro atoms. The van der Waals surface area contributed by atoms with Gasteiger partial charge in [-0.2, -0.15) is 9.97 Å². The van der Waals surface area contributed by atoms with Gasteiger partial charge in [-0.05, 0) is 13.0 Å². The Morgan fingerprint density at radius 1 is 1.18 bits per heavy atom. The van der Waals surface area contributed by atoms with E-state index in [0.717, 1.165) is 0 Å². The Bertz CT molecular complexity index is 932. The average Bonchev–Trinajstić information content (AvgIpc) is 2.66. The number of nitrogens with zero attached hydrogens (tertiary/aromatic N) is 2. The van der Waals surface area contributed by atoms with Crippen molar-refractivity contribution in [1.82, 2.24) is 14.7 Å². The number of aliphatic hydroxyl groups is 1. The van der Waals surface area contributed by atoms with Gasteiger partial charge in [0, 0.05) is 5.56 Å². The van der Waals surface area contributed by atoms with Crippen LogP contribution in [0, 0.1) is 0 Å². The molecular formula is C16H19ClN4O6S. The molecule has 0 saturated carbocycles. The van der Waals surface area contributed by atoms with Crippen LogP contribution in [-0.4, -0.2) is 49.1 Å². The Kier molecular flexibility index (Phi) is 7.00. The van der Waals surface area contributed by atoms with Crippen LogP contribution in [0.25, 0.3) is 0 Å². The number of ether oxygens (including phenoxy) is 2. The van der Waals surface area contributed by atoms with Gasteiger partial charge in [0.1, 0.15) is 0 Å². The van der Waals surface area contributed by atoms with Crippen molar-refractivity contribution in [2.45, 2.75) is 23.3 Å². The number of hydrogen-bond donors (Lipinski definition) is 3. The summed E-state index contributed by atoms with van der Waals surface area (Å²) in [5.41, 5.74) is 0.0598. The molecule has 28 heavy (non-hydrogen) atoms. The lowest BCUT2D eigenvalue weighted by atomic mass is 10.1. The number of sulfonamides is 1. The molecule has 0 fully saturated rings. The van der Waals surface area contributed by atoms with Crippen molar-refractivity contribution in [3.05, 3.63) is 35.9 Å². The topological polar surface area (TPSA) is 140 Å². The van der Waals surface area contributed by atoms with Gasteiger partial charge in [-0.1, -0.05) is 18.2 Å². The lowest BCUT2D eigenvalue weighted by molar-refractivity contribution is 0.174. The lowest BCUT2D eigenvalue weighted by Gasteiger charge is -2.17. The molecule has 0 bridgehead atoms. The van der Waals surface area contributed by atoms with Crippen molar-refractivity contribution in [1.29, 1.82) is 0 Å². The molecule has 0 aliphatic heterocycles. The van der Waals surface area contributed by atoms with E-state index in [1.807, 2.05) is 4.72 Å². The highest BCUT2D eigenvalue weighted by Gasteiger charge is 2.26. The Morgan fingerprint density at radius 3 is 2.29 bits per heavy atom. The summed E-state index contributed by atoms with van der Waals surface area (Å²) in [5, 5.41) is 11.6. The number of benzene rings is 1. The standard InChI is InChI=1S/C16H19ClN4O6S/c1-9(17)14(22)10-6-4-5-7-11(10)28(24,25)21-16(23)20-15-18-12(26-2)8-13(19-15)27-3/h4-9,14,22H,1-3H3,(H2,18,19,20,21,23). The molecule has 1 heterocycles. The van der Waals surface area contributed by atoms with E-state index >= 15 is 0 Å². The van der Waals surface area contributed by atoms with E-state index in [0.29, 0.717) is 0 Å². The fourth-order valence-corrected chi connectivity index (χ4v) is 3.49. The van der Waals surface area contributed by atoms with Gasteiger partial charge in [0.15, 0.2) is 0 Å². The molecule has 152 valence electrons. The highest BCUT2D eigenvalue weighted by Crippen LogP contribution is 2.27. The molecule has 2 unspecified atom stereocenters. The minimum atomic E-state index is -4.32. The summed E-state index contributed by atoms with van der Waals surface area (Å²) < 4.78 is 37.0. The first-order valence-electron chi connectivity index (χ1n) is 7.90. The Morgan fingerprint density at radius 2 is 1.75 bits per heavy atom. The van der Waals surface area contributed by atoms with E-state index in [1.54, 1.807) is 6.07 Å². The lowest BCUT2D eigenvalue weighted by Crippen LogP contribution is -2.35. The third kappa shape index (κ3) is 5.21. The molecular weight excluding hydrogens is 412 g/mol. The number of methoxy groups -OCH3 is 2. The van der Waals surface area contributed by atoms with E-state index in [9.17, 15) is 18.3 Å². The smallest absolute Gasteiger partial charge is 0.335 e. The number of rotatable bonds is 7. The summed E-state index contributed by atoms with van der Waals surface area (Å²) in [6.07, 6.45) is -1.25. The molecule has 2 atom stereocenters. The van der Waals surface area contributed by atoms with E-state index < -0.39 is 27.5 Å². The molecule has 2 aromatic rings. The molecule has 0 saturated heterocycles. The first-order chi connectivity index (χ1) is 13.2. The molecule has 12 heteroatoms. The number of anilines is 1. The molecule has 0 aliphatic carbocycles. The zero-order valence-electron chi connectivity index (χ0n) is 15.2. The van der Waals surface area contributed by atoms with Crippen LogP contribution in [0.4, 0.5) is 10.7 Å². The van der Waals surface area contributed by atoms with Gasteiger partial charge < -0.3 is 14.6 Å². The minimum absolute atomic E-state index is 0.0598. The van der Waals surface area contributed by atoms with Crippen LogP contribution in [0.1, 0.15) is 18.6 Å². The number of aromatic nitrogens is 2. The number of aliphatic hydroxyl groups excluding tert-OH is 1. The van der Waals surface area contributed by atoms with E-state index in [2.05, 4.69) is 15.3 Å². The second-order valence-electron chi connectivity index (χ2n) is 5.50. The largest absolute Gasteiger partial charge is 0.481 e. The van der Waals surface area contributed by atoms with Crippen LogP contribution in [-0.2, 0) is 10.0 Å². The maximum absolute atomic E-state index is 12.6. The van der Waals surface area contributed by atoms with Crippen LogP contribution in [0.3, 0.4) is 0 Å². The number of carbonyl (C=O) groups excluding carboxylic acids is 1. The molecule has 1 aromatic heterocycles. The van der Waals surface area contributed by atoms with Gasteiger partial charge in [0.25, 0.3) is 10.0 Å². The number of urea groups is 1. The number of nitrogens with one attached hydrogen (secondary N) is 2. The second kappa shape index (κ2) is 9.04. The maximum atomic E-state index is 12.6. The molecule has 2 rings (SSSR count). The number of halogens is 1. The maximum Gasteiger partial charge on any atom is 0.335 e. The Balaban J connectivity index is 2.25. The van der Waals surface area contributed by atoms with Gasteiger partial charge in [-0.15, -0.1) is 11.6 Å². The van der Waals surface area contributed by atoms with Gasteiger partial charge in [0.05, 0.1) is 36.7 Å². The normalized spacial score (nSPS) is 13.3. The number of carbonyl (C=O) groups is 1. The number of hydrogen-bond acceptors (Lipinski definition) is 8. The molecule has 0 radical (unpaired) electrons. The first-order valence-corrected chi connectivity index (χ1v) is 9.81. The third-order valence-corrected chi connectivity index (χ3v) is 5.16. The predicted octanol–water partition coefficient (Wildman–Crippen LogP) is 1.66. The van der Waals surface area contributed by atoms with E-state index in [-0.39, 0.29) is 28.2 Å².